The van der Waals surface area contributed by atoms with E-state index in [9.17, 15) is 5.26 Å². The van der Waals surface area contributed by atoms with Crippen molar-refractivity contribution in [3.05, 3.63) is 59.4 Å². The van der Waals surface area contributed by atoms with Crippen LogP contribution in [0, 0.1) is 11.3 Å². The van der Waals surface area contributed by atoms with Crippen LogP contribution in [0.5, 0.6) is 5.75 Å². The molecule has 0 amide bonds. The van der Waals surface area contributed by atoms with Gasteiger partial charge in [0.15, 0.2) is 8.32 Å². The van der Waals surface area contributed by atoms with Gasteiger partial charge in [0.25, 0.3) is 0 Å². The van der Waals surface area contributed by atoms with E-state index in [1.54, 1.807) is 24.0 Å². The minimum absolute atomic E-state index is 0.0395. The summed E-state index contributed by atoms with van der Waals surface area (Å²) < 4.78 is 13.4. The Hall–Kier alpha value is -2.14. The topological polar surface area (TPSA) is 67.5 Å². The lowest BCUT2D eigenvalue weighted by Gasteiger charge is -2.48. The highest BCUT2D eigenvalue weighted by atomic mass is 32.2. The second-order valence-electron chi connectivity index (χ2n) is 10.2. The first-order valence-corrected chi connectivity index (χ1v) is 15.0. The van der Waals surface area contributed by atoms with Crippen LogP contribution in [0.4, 0.5) is 0 Å². The molecule has 2 heterocycles. The van der Waals surface area contributed by atoms with Crippen molar-refractivity contribution in [3.63, 3.8) is 0 Å². The Bertz CT molecular complexity index is 1040. The smallest absolute Gasteiger partial charge is 0.192 e. The molecule has 2 atom stereocenters. The molecule has 2 aromatic rings. The number of ether oxygens (including phenoxy) is 1. The molecule has 0 N–H and O–H groups in total. The molecule has 7 heteroatoms. The van der Waals surface area contributed by atoms with E-state index < -0.39 is 13.9 Å². The lowest BCUT2D eigenvalue weighted by atomic mass is 9.86. The first-order chi connectivity index (χ1) is 14.9. The number of hydrogen-bond donors (Lipinski definition) is 0. The van der Waals surface area contributed by atoms with Gasteiger partial charge in [-0.1, -0.05) is 20.8 Å². The minimum atomic E-state index is -2.14. The molecule has 32 heavy (non-hydrogen) atoms. The largest absolute Gasteiger partial charge is 0.485 e. The molecular weight excluding hydrogens is 434 g/mol. The summed E-state index contributed by atoms with van der Waals surface area (Å²) >= 11 is 1.59. The number of thioether (sulfide) groups is 1. The molecule has 1 aliphatic heterocycles. The van der Waals surface area contributed by atoms with Crippen molar-refractivity contribution in [1.82, 2.24) is 4.98 Å². The lowest BCUT2D eigenvalue weighted by molar-refractivity contribution is -0.0488. The molecule has 0 aliphatic carbocycles. The Morgan fingerprint density at radius 3 is 2.56 bits per heavy atom. The molecule has 170 valence electrons. The number of rotatable bonds is 4. The van der Waals surface area contributed by atoms with Crippen LogP contribution in [-0.4, -0.2) is 36.3 Å². The van der Waals surface area contributed by atoms with Gasteiger partial charge in [-0.3, -0.25) is 9.98 Å². The molecule has 0 saturated heterocycles. The highest BCUT2D eigenvalue weighted by Crippen LogP contribution is 2.48. The fourth-order valence-corrected chi connectivity index (χ4v) is 5.50. The standard InChI is InChI=1S/C25H33N3O2SSi/c1-24(2,3)32(7,8)30-22-21(28-23(31-6)18-10-9-13-27-16-18)19-14-17(15-26)11-12-20(19)29-25(22,4)5/h9-14,16,21-22H,1-8H3/t21-,22+/m1/s1. The van der Waals surface area contributed by atoms with E-state index in [1.807, 2.05) is 36.7 Å². The predicted molar refractivity (Wildman–Crippen MR) is 135 cm³/mol. The summed E-state index contributed by atoms with van der Waals surface area (Å²) in [5.74, 6) is 0.754. The Morgan fingerprint density at radius 2 is 2.00 bits per heavy atom. The van der Waals surface area contributed by atoms with Crippen molar-refractivity contribution >= 4 is 25.1 Å². The molecule has 0 spiro atoms. The van der Waals surface area contributed by atoms with Crippen molar-refractivity contribution in [2.24, 2.45) is 4.99 Å². The first-order valence-electron chi connectivity index (χ1n) is 10.8. The van der Waals surface area contributed by atoms with Gasteiger partial charge >= 0.3 is 0 Å². The van der Waals surface area contributed by atoms with Gasteiger partial charge in [0, 0.05) is 23.5 Å². The van der Waals surface area contributed by atoms with Crippen LogP contribution in [-0.2, 0) is 4.43 Å². The summed E-state index contributed by atoms with van der Waals surface area (Å²) in [6.45, 7) is 15.3. The molecule has 1 aliphatic rings. The van der Waals surface area contributed by atoms with Crippen molar-refractivity contribution in [2.75, 3.05) is 6.26 Å². The number of nitriles is 1. The number of nitrogens with zero attached hydrogens (tertiary/aromatic N) is 3. The average Bonchev–Trinajstić information content (AvgIpc) is 2.73. The second-order valence-corrected chi connectivity index (χ2v) is 15.7. The summed E-state index contributed by atoms with van der Waals surface area (Å²) in [5, 5.41) is 10.5. The fourth-order valence-electron chi connectivity index (χ4n) is 3.53. The van der Waals surface area contributed by atoms with Crippen LogP contribution in [0.15, 0.2) is 47.7 Å². The number of hydrogen-bond acceptors (Lipinski definition) is 6. The van der Waals surface area contributed by atoms with Crippen molar-refractivity contribution in [1.29, 1.82) is 5.26 Å². The van der Waals surface area contributed by atoms with Crippen LogP contribution in [0.25, 0.3) is 0 Å². The Labute approximate surface area is 197 Å². The second kappa shape index (κ2) is 9.01. The van der Waals surface area contributed by atoms with Crippen molar-refractivity contribution in [3.8, 4) is 11.8 Å². The number of aromatic nitrogens is 1. The van der Waals surface area contributed by atoms with Gasteiger partial charge in [0.2, 0.25) is 0 Å². The average molecular weight is 468 g/mol. The molecule has 0 unspecified atom stereocenters. The van der Waals surface area contributed by atoms with Gasteiger partial charge in [0.05, 0.1) is 16.7 Å². The fraction of sp³-hybridized carbons (Fsp3) is 0.480. The van der Waals surface area contributed by atoms with Gasteiger partial charge in [-0.25, -0.2) is 0 Å². The summed E-state index contributed by atoms with van der Waals surface area (Å²) in [6.07, 6.45) is 5.31. The third-order valence-electron chi connectivity index (χ3n) is 6.39. The van der Waals surface area contributed by atoms with Gasteiger partial charge in [-0.05, 0) is 68.6 Å². The Morgan fingerprint density at radius 1 is 1.28 bits per heavy atom. The SMILES string of the molecule is CSC(=N[C@@H]1c2cc(C#N)ccc2OC(C)(C)[C@H]1O[Si](C)(C)C(C)(C)C)c1cccnc1. The summed E-state index contributed by atoms with van der Waals surface area (Å²) in [6, 6.07) is 11.4. The van der Waals surface area contributed by atoms with Crippen molar-refractivity contribution in [2.45, 2.75) is 70.5 Å². The molecular formula is C25H33N3O2SSi. The maximum atomic E-state index is 9.53. The maximum absolute atomic E-state index is 9.53. The quantitative estimate of drug-likeness (QED) is 0.297. The molecule has 0 saturated carbocycles. The van der Waals surface area contributed by atoms with E-state index in [-0.39, 0.29) is 17.2 Å². The zero-order valence-corrected chi connectivity index (χ0v) is 22.1. The molecule has 1 aromatic carbocycles. The normalized spacial score (nSPS) is 20.8. The number of benzene rings is 1. The zero-order valence-electron chi connectivity index (χ0n) is 20.3. The van der Waals surface area contributed by atoms with Crippen LogP contribution in [0.3, 0.4) is 0 Å². The Kier molecular flexibility index (Phi) is 6.90. The molecule has 0 fully saturated rings. The Balaban J connectivity index is 2.20. The van der Waals surface area contributed by atoms with Crippen LogP contribution in [0.1, 0.15) is 57.4 Å². The third-order valence-corrected chi connectivity index (χ3v) is 11.6. The van der Waals surface area contributed by atoms with E-state index in [0.29, 0.717) is 5.56 Å². The lowest BCUT2D eigenvalue weighted by Crippen LogP contribution is -2.56. The molecule has 0 bridgehead atoms. The summed E-state index contributed by atoms with van der Waals surface area (Å²) in [5.41, 5.74) is 1.85. The number of fused-ring (bicyclic) bond motifs is 1. The van der Waals surface area contributed by atoms with E-state index in [2.05, 4.69) is 58.8 Å². The van der Waals surface area contributed by atoms with E-state index >= 15 is 0 Å². The predicted octanol–water partition coefficient (Wildman–Crippen LogP) is 6.37. The molecule has 3 rings (SSSR count). The molecule has 5 nitrogen and oxygen atoms in total. The third kappa shape index (κ3) is 4.93. The molecule has 0 radical (unpaired) electrons. The van der Waals surface area contributed by atoms with Crippen LogP contribution in [0.2, 0.25) is 18.1 Å². The number of pyridine rings is 1. The first kappa shape index (κ1) is 24.5. The van der Waals surface area contributed by atoms with Crippen molar-refractivity contribution < 1.29 is 9.16 Å². The van der Waals surface area contributed by atoms with E-state index in [1.165, 1.54) is 0 Å². The van der Waals surface area contributed by atoms with Crippen LogP contribution >= 0.6 is 11.8 Å². The van der Waals surface area contributed by atoms with Gasteiger partial charge in [-0.15, -0.1) is 11.8 Å². The highest BCUT2D eigenvalue weighted by molar-refractivity contribution is 8.13. The summed E-state index contributed by atoms with van der Waals surface area (Å²) in [4.78, 5) is 9.50. The van der Waals surface area contributed by atoms with E-state index in [0.717, 1.165) is 21.9 Å². The van der Waals surface area contributed by atoms with Crippen LogP contribution < -0.4 is 4.74 Å². The monoisotopic (exact) mass is 467 g/mol. The minimum Gasteiger partial charge on any atom is -0.485 e. The van der Waals surface area contributed by atoms with Gasteiger partial charge < -0.3 is 9.16 Å². The molecule has 1 aromatic heterocycles. The number of aliphatic imine (C=N–C) groups is 1. The maximum Gasteiger partial charge on any atom is 0.192 e. The van der Waals surface area contributed by atoms with Gasteiger partial charge in [-0.2, -0.15) is 5.26 Å². The highest BCUT2D eigenvalue weighted by Gasteiger charge is 2.50. The summed E-state index contributed by atoms with van der Waals surface area (Å²) in [7, 11) is -2.14. The van der Waals surface area contributed by atoms with Gasteiger partial charge in [0.1, 0.15) is 23.5 Å². The zero-order chi connectivity index (χ0) is 23.7. The van der Waals surface area contributed by atoms with E-state index in [4.69, 9.17) is 14.2 Å².